The van der Waals surface area contributed by atoms with Gasteiger partial charge in [0, 0.05) is 51.5 Å². The Kier molecular flexibility index (Phi) is 7.93. The molecule has 1 aromatic rings. The quantitative estimate of drug-likeness (QED) is 0.718. The summed E-state index contributed by atoms with van der Waals surface area (Å²) in [4.78, 5) is 30.6. The fourth-order valence-electron chi connectivity index (χ4n) is 4.45. The molecule has 32 heavy (non-hydrogen) atoms. The van der Waals surface area contributed by atoms with Crippen molar-refractivity contribution < 1.29 is 14.3 Å². The number of hydrogen-bond acceptors (Lipinski definition) is 5. The van der Waals surface area contributed by atoms with Gasteiger partial charge in [0.2, 0.25) is 0 Å². The highest BCUT2D eigenvalue weighted by atomic mass is 35.5. The third-order valence-electron chi connectivity index (χ3n) is 6.06. The van der Waals surface area contributed by atoms with Crippen LogP contribution in [0.1, 0.15) is 56.8 Å². The van der Waals surface area contributed by atoms with Crippen LogP contribution in [0, 0.1) is 0 Å². The van der Waals surface area contributed by atoms with E-state index in [9.17, 15) is 9.59 Å². The zero-order valence-electron chi connectivity index (χ0n) is 20.0. The molecule has 0 radical (unpaired) electrons. The molecule has 7 nitrogen and oxygen atoms in total. The minimum Gasteiger partial charge on any atom is -0.444 e. The van der Waals surface area contributed by atoms with E-state index in [4.69, 9.17) is 16.3 Å². The monoisotopic (exact) mass is 464 g/mol. The van der Waals surface area contributed by atoms with E-state index in [1.807, 2.05) is 37.8 Å². The lowest BCUT2D eigenvalue weighted by Crippen LogP contribution is -2.52. The van der Waals surface area contributed by atoms with E-state index in [0.29, 0.717) is 22.7 Å². The van der Waals surface area contributed by atoms with Gasteiger partial charge < -0.3 is 19.9 Å². The van der Waals surface area contributed by atoms with Crippen LogP contribution in [0.25, 0.3) is 0 Å². The van der Waals surface area contributed by atoms with Crippen LogP contribution < -0.4 is 5.32 Å². The molecular formula is C24H37ClN4O3. The molecule has 0 saturated carbocycles. The van der Waals surface area contributed by atoms with Gasteiger partial charge in [-0.15, -0.1) is 0 Å². The molecule has 1 N–H and O–H groups in total. The Morgan fingerprint density at radius 3 is 2.44 bits per heavy atom. The highest BCUT2D eigenvalue weighted by molar-refractivity contribution is 6.34. The number of carbonyl (C=O) groups excluding carboxylic acids is 2. The number of hydrogen-bond donors (Lipinski definition) is 1. The van der Waals surface area contributed by atoms with Crippen molar-refractivity contribution in [3.8, 4) is 0 Å². The predicted molar refractivity (Wildman–Crippen MR) is 129 cm³/mol. The summed E-state index contributed by atoms with van der Waals surface area (Å²) in [6.07, 6.45) is 3.94. The fraction of sp³-hybridized carbons (Fsp3) is 0.667. The van der Waals surface area contributed by atoms with Gasteiger partial charge in [0.25, 0.3) is 5.91 Å². The van der Waals surface area contributed by atoms with Crippen molar-refractivity contribution in [3.05, 3.63) is 28.8 Å². The largest absolute Gasteiger partial charge is 0.444 e. The lowest BCUT2D eigenvalue weighted by atomic mass is 9.98. The SMILES string of the molecule is CN(C)C(=O)c1cc(N[C@@H]2CCCN(C3CCN(C(=O)OC(C)(C)C)CC3)C2)ccc1Cl. The first-order valence-electron chi connectivity index (χ1n) is 11.5. The van der Waals surface area contributed by atoms with Crippen molar-refractivity contribution in [2.24, 2.45) is 0 Å². The topological polar surface area (TPSA) is 65.1 Å². The Morgan fingerprint density at radius 1 is 1.12 bits per heavy atom. The van der Waals surface area contributed by atoms with Crippen LogP contribution in [0.2, 0.25) is 5.02 Å². The predicted octanol–water partition coefficient (Wildman–Crippen LogP) is 4.32. The lowest BCUT2D eigenvalue weighted by molar-refractivity contribution is 0.0127. The molecule has 1 aromatic carbocycles. The molecule has 8 heteroatoms. The number of likely N-dealkylation sites (tertiary alicyclic amines) is 2. The summed E-state index contributed by atoms with van der Waals surface area (Å²) in [6.45, 7) is 9.22. The molecule has 0 unspecified atom stereocenters. The molecular weight excluding hydrogens is 428 g/mol. The summed E-state index contributed by atoms with van der Waals surface area (Å²) in [7, 11) is 3.46. The van der Waals surface area contributed by atoms with E-state index >= 15 is 0 Å². The Bertz CT molecular complexity index is 816. The van der Waals surface area contributed by atoms with E-state index < -0.39 is 5.60 Å². The smallest absolute Gasteiger partial charge is 0.410 e. The second kappa shape index (κ2) is 10.3. The second-order valence-electron chi connectivity index (χ2n) is 10.1. The molecule has 0 bridgehead atoms. The van der Waals surface area contributed by atoms with E-state index in [1.54, 1.807) is 20.2 Å². The third-order valence-corrected chi connectivity index (χ3v) is 6.39. The first-order valence-corrected chi connectivity index (χ1v) is 11.9. The zero-order chi connectivity index (χ0) is 23.5. The normalized spacial score (nSPS) is 20.7. The number of rotatable bonds is 4. The van der Waals surface area contributed by atoms with Crippen LogP contribution in [0.15, 0.2) is 18.2 Å². The van der Waals surface area contributed by atoms with E-state index in [0.717, 1.165) is 57.5 Å². The van der Waals surface area contributed by atoms with Gasteiger partial charge >= 0.3 is 6.09 Å². The van der Waals surface area contributed by atoms with Gasteiger partial charge in [-0.25, -0.2) is 4.79 Å². The van der Waals surface area contributed by atoms with Gasteiger partial charge in [-0.2, -0.15) is 0 Å². The molecule has 2 fully saturated rings. The molecule has 0 aromatic heterocycles. The molecule has 178 valence electrons. The number of carbonyl (C=O) groups is 2. The molecule has 2 saturated heterocycles. The maximum absolute atomic E-state index is 12.4. The van der Waals surface area contributed by atoms with Crippen molar-refractivity contribution in [2.45, 2.75) is 64.1 Å². The van der Waals surface area contributed by atoms with Crippen LogP contribution in [-0.4, -0.2) is 84.7 Å². The summed E-state index contributed by atoms with van der Waals surface area (Å²) < 4.78 is 5.52. The average Bonchev–Trinajstić information content (AvgIpc) is 2.73. The Balaban J connectivity index is 1.55. The van der Waals surface area contributed by atoms with Crippen molar-refractivity contribution in [2.75, 3.05) is 45.6 Å². The number of benzene rings is 1. The molecule has 2 amide bonds. The maximum Gasteiger partial charge on any atom is 0.410 e. The van der Waals surface area contributed by atoms with E-state index in [1.165, 1.54) is 4.90 Å². The number of amides is 2. The Hall–Kier alpha value is -1.99. The van der Waals surface area contributed by atoms with Crippen LogP contribution in [-0.2, 0) is 4.74 Å². The zero-order valence-corrected chi connectivity index (χ0v) is 20.7. The van der Waals surface area contributed by atoms with Gasteiger partial charge in [0.15, 0.2) is 0 Å². The minimum atomic E-state index is -0.460. The maximum atomic E-state index is 12.4. The summed E-state index contributed by atoms with van der Waals surface area (Å²) in [5.74, 6) is -0.0966. The molecule has 2 heterocycles. The molecule has 2 aliphatic heterocycles. The van der Waals surface area contributed by atoms with Crippen molar-refractivity contribution in [1.82, 2.24) is 14.7 Å². The molecule has 1 atom stereocenters. The van der Waals surface area contributed by atoms with Crippen molar-refractivity contribution >= 4 is 29.3 Å². The number of anilines is 1. The summed E-state index contributed by atoms with van der Waals surface area (Å²) in [6, 6.07) is 6.37. The first kappa shape index (κ1) is 24.6. The molecule has 2 aliphatic rings. The van der Waals surface area contributed by atoms with Gasteiger partial charge in [0.1, 0.15) is 5.60 Å². The minimum absolute atomic E-state index is 0.0966. The van der Waals surface area contributed by atoms with Crippen LogP contribution in [0.4, 0.5) is 10.5 Å². The number of nitrogens with one attached hydrogen (secondary N) is 1. The number of nitrogens with zero attached hydrogens (tertiary/aromatic N) is 3. The molecule has 0 aliphatic carbocycles. The highest BCUT2D eigenvalue weighted by Crippen LogP contribution is 2.26. The standard InChI is InChI=1S/C24H37ClN4O3/c1-24(2,3)32-23(31)28-13-10-19(11-14-28)29-12-6-7-18(16-29)26-17-8-9-21(25)20(15-17)22(30)27(4)5/h8-9,15,18-19,26H,6-7,10-14,16H2,1-5H3/t18-/m1/s1. The van der Waals surface area contributed by atoms with E-state index in [2.05, 4.69) is 10.2 Å². The number of ether oxygens (including phenoxy) is 1. The van der Waals surface area contributed by atoms with Gasteiger partial charge in [0.05, 0.1) is 10.6 Å². The first-order chi connectivity index (χ1) is 15.0. The van der Waals surface area contributed by atoms with Crippen LogP contribution >= 0.6 is 11.6 Å². The number of piperidine rings is 2. The highest BCUT2D eigenvalue weighted by Gasteiger charge is 2.32. The lowest BCUT2D eigenvalue weighted by Gasteiger charge is -2.42. The summed E-state index contributed by atoms with van der Waals surface area (Å²) in [5.41, 5.74) is 0.980. The van der Waals surface area contributed by atoms with Crippen LogP contribution in [0.5, 0.6) is 0 Å². The van der Waals surface area contributed by atoms with Gasteiger partial charge in [-0.05, 0) is 71.2 Å². The Morgan fingerprint density at radius 2 is 1.81 bits per heavy atom. The molecule has 3 rings (SSSR count). The van der Waals surface area contributed by atoms with Gasteiger partial charge in [-0.1, -0.05) is 11.6 Å². The van der Waals surface area contributed by atoms with Gasteiger partial charge in [-0.3, -0.25) is 9.69 Å². The average molecular weight is 465 g/mol. The summed E-state index contributed by atoms with van der Waals surface area (Å²) >= 11 is 6.25. The number of halogens is 1. The fourth-order valence-corrected chi connectivity index (χ4v) is 4.65. The van der Waals surface area contributed by atoms with Crippen molar-refractivity contribution in [3.63, 3.8) is 0 Å². The van der Waals surface area contributed by atoms with Crippen molar-refractivity contribution in [1.29, 1.82) is 0 Å². The van der Waals surface area contributed by atoms with Crippen LogP contribution in [0.3, 0.4) is 0 Å². The Labute approximate surface area is 197 Å². The summed E-state index contributed by atoms with van der Waals surface area (Å²) in [5, 5.41) is 4.08. The molecule has 0 spiro atoms. The third kappa shape index (κ3) is 6.51. The van der Waals surface area contributed by atoms with E-state index in [-0.39, 0.29) is 12.0 Å². The second-order valence-corrected chi connectivity index (χ2v) is 10.5.